The molecule has 1 nitrogen and oxygen atoms in total. The van der Waals surface area contributed by atoms with E-state index in [-0.39, 0.29) is 0 Å². The molecule has 1 aliphatic heterocycles. The predicted molar refractivity (Wildman–Crippen MR) is 39.9 cm³/mol. The first-order valence-electron chi connectivity index (χ1n) is 2.66. The second kappa shape index (κ2) is 2.31. The molecule has 0 bridgehead atoms. The van der Waals surface area contributed by atoms with E-state index in [9.17, 15) is 0 Å². The highest BCUT2D eigenvalue weighted by Gasteiger charge is 2.16. The first kappa shape index (κ1) is 5.82. The molecule has 0 aromatic rings. The van der Waals surface area contributed by atoms with Gasteiger partial charge >= 0.3 is 0 Å². The normalized spacial score (nSPS) is 42.0. The Hall–Kier alpha value is 0.690. The minimum atomic E-state index is 0.766. The van der Waals surface area contributed by atoms with E-state index in [2.05, 4.69) is 34.8 Å². The van der Waals surface area contributed by atoms with Crippen LogP contribution in [0, 0.1) is 0 Å². The van der Waals surface area contributed by atoms with Crippen molar-refractivity contribution in [2.24, 2.45) is 0 Å². The quantitative estimate of drug-likeness (QED) is 0.468. The zero-order chi connectivity index (χ0) is 5.28. The first-order chi connectivity index (χ1) is 3.29. The van der Waals surface area contributed by atoms with Gasteiger partial charge < -0.3 is 5.32 Å². The van der Waals surface area contributed by atoms with Crippen molar-refractivity contribution in [3.8, 4) is 0 Å². The van der Waals surface area contributed by atoms with Crippen molar-refractivity contribution in [2.45, 2.75) is 23.3 Å². The van der Waals surface area contributed by atoms with Crippen LogP contribution >= 0.6 is 22.6 Å². The van der Waals surface area contributed by atoms with Gasteiger partial charge in [0, 0.05) is 16.5 Å². The molecule has 0 spiro atoms. The lowest BCUT2D eigenvalue weighted by atomic mass is 10.3. The molecule has 0 amide bonds. The molecule has 1 rings (SSSR count). The first-order valence-corrected chi connectivity index (χ1v) is 3.91. The fourth-order valence-electron chi connectivity index (χ4n) is 0.879. The molecule has 0 aliphatic carbocycles. The number of halogens is 1. The minimum Gasteiger partial charge on any atom is -0.313 e. The third-order valence-electron chi connectivity index (χ3n) is 1.30. The third kappa shape index (κ3) is 1.57. The Morgan fingerprint density at radius 2 is 2.43 bits per heavy atom. The number of hydrogen-bond donors (Lipinski definition) is 1. The predicted octanol–water partition coefficient (Wildman–Crippen LogP) is 1.17. The number of nitrogens with one attached hydrogen (secondary N) is 1. The van der Waals surface area contributed by atoms with Crippen molar-refractivity contribution < 1.29 is 0 Å². The van der Waals surface area contributed by atoms with Crippen LogP contribution in [0.5, 0.6) is 0 Å². The zero-order valence-electron chi connectivity index (χ0n) is 4.45. The molecule has 0 saturated carbocycles. The van der Waals surface area contributed by atoms with Crippen LogP contribution in [0.15, 0.2) is 0 Å². The second-order valence-corrected chi connectivity index (χ2v) is 3.90. The molecule has 7 heavy (non-hydrogen) atoms. The summed E-state index contributed by atoms with van der Waals surface area (Å²) >= 11 is 2.48. The van der Waals surface area contributed by atoms with Crippen LogP contribution in [0.25, 0.3) is 0 Å². The Kier molecular flexibility index (Phi) is 1.92. The highest BCUT2D eigenvalue weighted by molar-refractivity contribution is 14.1. The lowest BCUT2D eigenvalue weighted by Crippen LogP contribution is -2.16. The summed E-state index contributed by atoms with van der Waals surface area (Å²) in [6.07, 6.45) is 1.35. The summed E-state index contributed by atoms with van der Waals surface area (Å²) in [7, 11) is 0. The van der Waals surface area contributed by atoms with Crippen LogP contribution < -0.4 is 5.32 Å². The minimum absolute atomic E-state index is 0.766. The van der Waals surface area contributed by atoms with Gasteiger partial charge in [-0.1, -0.05) is 22.6 Å². The van der Waals surface area contributed by atoms with E-state index < -0.39 is 0 Å². The average molecular weight is 211 g/mol. The average Bonchev–Trinajstić information content (AvgIpc) is 1.87. The third-order valence-corrected chi connectivity index (χ3v) is 2.25. The van der Waals surface area contributed by atoms with E-state index in [4.69, 9.17) is 0 Å². The maximum absolute atomic E-state index is 3.36. The Morgan fingerprint density at radius 3 is 2.57 bits per heavy atom. The molecule has 0 aromatic heterocycles. The van der Waals surface area contributed by atoms with Gasteiger partial charge in [0.25, 0.3) is 0 Å². The maximum Gasteiger partial charge on any atom is 0.0249 e. The Balaban J connectivity index is 2.26. The molecule has 1 aliphatic rings. The SMILES string of the molecule is C[C@H]1C[C@H](I)CN1. The van der Waals surface area contributed by atoms with E-state index >= 15 is 0 Å². The molecular formula is C5H10IN. The Morgan fingerprint density at radius 1 is 1.71 bits per heavy atom. The molecule has 1 heterocycles. The van der Waals surface area contributed by atoms with Gasteiger partial charge in [0.15, 0.2) is 0 Å². The second-order valence-electron chi connectivity index (χ2n) is 2.14. The summed E-state index contributed by atoms with van der Waals surface area (Å²) in [5.41, 5.74) is 0. The van der Waals surface area contributed by atoms with Gasteiger partial charge in [0.2, 0.25) is 0 Å². The molecule has 1 saturated heterocycles. The molecule has 0 radical (unpaired) electrons. The molecule has 0 unspecified atom stereocenters. The molecule has 1 fully saturated rings. The van der Waals surface area contributed by atoms with Crippen molar-refractivity contribution in [1.29, 1.82) is 0 Å². The van der Waals surface area contributed by atoms with E-state index in [0.717, 1.165) is 9.97 Å². The van der Waals surface area contributed by atoms with Crippen LogP contribution in [-0.2, 0) is 0 Å². The van der Waals surface area contributed by atoms with Crippen LogP contribution in [0.4, 0.5) is 0 Å². The van der Waals surface area contributed by atoms with Crippen LogP contribution in [-0.4, -0.2) is 16.5 Å². The van der Waals surface area contributed by atoms with E-state index in [0.29, 0.717) is 0 Å². The van der Waals surface area contributed by atoms with Gasteiger partial charge in [-0.25, -0.2) is 0 Å². The van der Waals surface area contributed by atoms with Crippen molar-refractivity contribution in [1.82, 2.24) is 5.32 Å². The summed E-state index contributed by atoms with van der Waals surface area (Å²) in [6.45, 7) is 3.44. The maximum atomic E-state index is 3.36. The molecule has 42 valence electrons. The Bertz CT molecular complexity index is 57.1. The number of rotatable bonds is 0. The monoisotopic (exact) mass is 211 g/mol. The summed E-state index contributed by atoms with van der Waals surface area (Å²) in [4.78, 5) is 0. The van der Waals surface area contributed by atoms with E-state index in [1.54, 1.807) is 0 Å². The topological polar surface area (TPSA) is 12.0 Å². The molecule has 1 N–H and O–H groups in total. The molecule has 2 heteroatoms. The molecule has 2 atom stereocenters. The van der Waals surface area contributed by atoms with Crippen molar-refractivity contribution in [3.05, 3.63) is 0 Å². The number of hydrogen-bond acceptors (Lipinski definition) is 1. The largest absolute Gasteiger partial charge is 0.313 e. The van der Waals surface area contributed by atoms with Crippen molar-refractivity contribution in [2.75, 3.05) is 6.54 Å². The summed E-state index contributed by atoms with van der Waals surface area (Å²) < 4.78 is 0.882. The van der Waals surface area contributed by atoms with Crippen LogP contribution in [0.3, 0.4) is 0 Å². The summed E-state index contributed by atoms with van der Waals surface area (Å²) in [5.74, 6) is 0. The highest BCUT2D eigenvalue weighted by Crippen LogP contribution is 2.13. The Labute approximate surface area is 58.0 Å². The van der Waals surface area contributed by atoms with Gasteiger partial charge in [-0.2, -0.15) is 0 Å². The van der Waals surface area contributed by atoms with E-state index in [1.807, 2.05) is 0 Å². The van der Waals surface area contributed by atoms with Crippen LogP contribution in [0.1, 0.15) is 13.3 Å². The fraction of sp³-hybridized carbons (Fsp3) is 1.00. The van der Waals surface area contributed by atoms with Gasteiger partial charge in [0.1, 0.15) is 0 Å². The zero-order valence-corrected chi connectivity index (χ0v) is 6.60. The summed E-state index contributed by atoms with van der Waals surface area (Å²) in [5, 5.41) is 3.36. The van der Waals surface area contributed by atoms with Gasteiger partial charge in [-0.05, 0) is 13.3 Å². The smallest absolute Gasteiger partial charge is 0.0249 e. The lowest BCUT2D eigenvalue weighted by Gasteiger charge is -1.95. The highest BCUT2D eigenvalue weighted by atomic mass is 127. The van der Waals surface area contributed by atoms with Crippen molar-refractivity contribution in [3.63, 3.8) is 0 Å². The lowest BCUT2D eigenvalue weighted by molar-refractivity contribution is 0.665. The van der Waals surface area contributed by atoms with Gasteiger partial charge in [-0.3, -0.25) is 0 Å². The van der Waals surface area contributed by atoms with Crippen molar-refractivity contribution >= 4 is 22.6 Å². The molecular weight excluding hydrogens is 201 g/mol. The van der Waals surface area contributed by atoms with Gasteiger partial charge in [0.05, 0.1) is 0 Å². The fourth-order valence-corrected chi connectivity index (χ4v) is 1.90. The van der Waals surface area contributed by atoms with Gasteiger partial charge in [-0.15, -0.1) is 0 Å². The standard InChI is InChI=1S/C5H10IN/c1-4-2-5(6)3-7-4/h4-5,7H,2-3H2,1H3/t4-,5-/m0/s1. The number of alkyl halides is 1. The van der Waals surface area contributed by atoms with E-state index in [1.165, 1.54) is 13.0 Å². The van der Waals surface area contributed by atoms with Crippen LogP contribution in [0.2, 0.25) is 0 Å². The molecule has 0 aromatic carbocycles. The summed E-state index contributed by atoms with van der Waals surface area (Å²) in [6, 6.07) is 0.766.